The van der Waals surface area contributed by atoms with Gasteiger partial charge < -0.3 is 5.11 Å². The molecule has 0 bridgehead atoms. The molecule has 0 fully saturated rings. The van der Waals surface area contributed by atoms with Crippen LogP contribution in [0.5, 0.6) is 5.75 Å². The van der Waals surface area contributed by atoms with E-state index in [2.05, 4.69) is 215 Å². The summed E-state index contributed by atoms with van der Waals surface area (Å²) in [7, 11) is 0. The fourth-order valence-electron chi connectivity index (χ4n) is 8.65. The summed E-state index contributed by atoms with van der Waals surface area (Å²) in [4.78, 5) is 0. The van der Waals surface area contributed by atoms with Crippen LogP contribution in [0, 0.1) is 12.4 Å². The molecule has 8 rings (SSSR count). The molecule has 2 heterocycles. The van der Waals surface area contributed by atoms with E-state index in [0.29, 0.717) is 17.5 Å². The molecule has 0 aliphatic rings. The largest absolute Gasteiger partial charge is 2.00 e. The molecule has 5 nitrogen and oxygen atoms in total. The van der Waals surface area contributed by atoms with E-state index in [4.69, 9.17) is 5.10 Å². The van der Waals surface area contributed by atoms with E-state index < -0.39 is 0 Å². The number of aromatic nitrogens is 4. The van der Waals surface area contributed by atoms with Crippen molar-refractivity contribution in [1.29, 1.82) is 0 Å². The second kappa shape index (κ2) is 16.5. The van der Waals surface area contributed by atoms with Gasteiger partial charge in [-0.3, -0.25) is 9.13 Å². The zero-order valence-corrected chi connectivity index (χ0v) is 40.9. The summed E-state index contributed by atoms with van der Waals surface area (Å²) >= 11 is 0. The van der Waals surface area contributed by atoms with Crippen LogP contribution in [0.25, 0.3) is 61.4 Å². The summed E-state index contributed by atoms with van der Waals surface area (Å²) < 4.78 is 6.24. The van der Waals surface area contributed by atoms with E-state index in [1.54, 1.807) is 0 Å². The van der Waals surface area contributed by atoms with Crippen LogP contribution in [0.2, 0.25) is 0 Å². The van der Waals surface area contributed by atoms with Gasteiger partial charge in [-0.05, 0) is 91.1 Å². The topological polar surface area (TPSA) is 46.9 Å². The van der Waals surface area contributed by atoms with E-state index in [1.165, 1.54) is 27.8 Å². The number of rotatable bonds is 7. The predicted octanol–water partition coefficient (Wildman–Crippen LogP) is 14.0. The summed E-state index contributed by atoms with van der Waals surface area (Å²) in [6.07, 6.45) is 3.73. The van der Waals surface area contributed by atoms with E-state index >= 15 is 0 Å². The van der Waals surface area contributed by atoms with Crippen LogP contribution in [0.1, 0.15) is 130 Å². The van der Waals surface area contributed by atoms with Gasteiger partial charge in [-0.25, -0.2) is 9.78 Å². The van der Waals surface area contributed by atoms with Crippen molar-refractivity contribution in [3.63, 3.8) is 0 Å². The first-order chi connectivity index (χ1) is 28.7. The van der Waals surface area contributed by atoms with Gasteiger partial charge in [0.1, 0.15) is 11.4 Å². The SMILES string of the molecule is CC(C)c1cccc(C(C)C)c1-c1ccc2c(c1)c(-c1[c-]ccc(C(C)(C)C)c1)nn2-c1ccccc1-[n+]1[c-]n(-c2cc(C(C)(C)C)cc(C(C)(C)C)c2O)c2ccccc21.[Pt+2]. The van der Waals surface area contributed by atoms with Crippen molar-refractivity contribution in [2.45, 2.75) is 118 Å². The maximum Gasteiger partial charge on any atom is 2.00 e. The normalized spacial score (nSPS) is 12.5. The van der Waals surface area contributed by atoms with Crippen molar-refractivity contribution >= 4 is 21.9 Å². The standard InChI is InChI=1S/C56H61N4O.Pt/c1-35(2)41-22-19-23-42(36(3)4)51(41)37-28-29-45-43(31-37)52(38-20-18-21-39(30-38)54(5,6)7)57-60(45)49-27-17-16-26-48(49)58-34-59(47-25-15-14-24-46(47)58)50-33-40(55(8,9)10)32-44(53(50)61)56(11,12)13;/h14-19,21-33,35-36,61H,1-13H3;/q-1;+2. The van der Waals surface area contributed by atoms with Crippen LogP contribution in [-0.2, 0) is 37.3 Å². The Hall–Kier alpha value is -5.25. The monoisotopic (exact) mass is 1000 g/mol. The molecule has 0 aliphatic heterocycles. The van der Waals surface area contributed by atoms with Crippen LogP contribution in [0.3, 0.4) is 0 Å². The van der Waals surface area contributed by atoms with Gasteiger partial charge in [-0.15, -0.1) is 35.4 Å². The molecule has 62 heavy (non-hydrogen) atoms. The Labute approximate surface area is 383 Å². The molecule has 6 heteroatoms. The number of aromatic hydroxyl groups is 1. The van der Waals surface area contributed by atoms with Crippen LogP contribution in [0.15, 0.2) is 115 Å². The summed E-state index contributed by atoms with van der Waals surface area (Å²) in [6.45, 7) is 29.0. The first-order valence-electron chi connectivity index (χ1n) is 21.9. The first-order valence-corrected chi connectivity index (χ1v) is 21.9. The third-order valence-electron chi connectivity index (χ3n) is 12.2. The minimum Gasteiger partial charge on any atom is -0.511 e. The maximum atomic E-state index is 12.1. The molecule has 0 saturated heterocycles. The van der Waals surface area contributed by atoms with Crippen LogP contribution in [0.4, 0.5) is 0 Å². The van der Waals surface area contributed by atoms with Crippen molar-refractivity contribution in [2.24, 2.45) is 0 Å². The molecular formula is C56H61N4OPt+. The van der Waals surface area contributed by atoms with Gasteiger partial charge in [-0.2, -0.15) is 0 Å². The van der Waals surface area contributed by atoms with Crippen molar-refractivity contribution in [3.05, 3.63) is 155 Å². The Morgan fingerprint density at radius 1 is 0.629 bits per heavy atom. The quantitative estimate of drug-likeness (QED) is 0.128. The Kier molecular flexibility index (Phi) is 11.9. The van der Waals surface area contributed by atoms with Gasteiger partial charge in [0.15, 0.2) is 0 Å². The van der Waals surface area contributed by atoms with Crippen molar-refractivity contribution in [2.75, 3.05) is 0 Å². The zero-order chi connectivity index (χ0) is 43.8. The van der Waals surface area contributed by atoms with Crippen LogP contribution >= 0.6 is 0 Å². The number of benzene rings is 6. The smallest absolute Gasteiger partial charge is 0.511 e. The maximum absolute atomic E-state index is 12.1. The van der Waals surface area contributed by atoms with Crippen molar-refractivity contribution < 1.29 is 30.7 Å². The Balaban J connectivity index is 0.00000578. The molecule has 6 aromatic carbocycles. The molecule has 0 spiro atoms. The molecule has 0 aliphatic carbocycles. The van der Waals surface area contributed by atoms with Gasteiger partial charge in [0.2, 0.25) is 0 Å². The van der Waals surface area contributed by atoms with Crippen LogP contribution < -0.4 is 4.57 Å². The molecule has 0 saturated carbocycles. The van der Waals surface area contributed by atoms with E-state index in [9.17, 15) is 5.11 Å². The minimum absolute atomic E-state index is 0. The average Bonchev–Trinajstić information content (AvgIpc) is 3.78. The van der Waals surface area contributed by atoms with E-state index in [1.807, 2.05) is 16.7 Å². The number of hydrogen-bond acceptors (Lipinski definition) is 2. The number of nitrogens with zero attached hydrogens (tertiary/aromatic N) is 4. The Morgan fingerprint density at radius 2 is 1.27 bits per heavy atom. The summed E-state index contributed by atoms with van der Waals surface area (Å²) in [5.41, 5.74) is 15.3. The van der Waals surface area contributed by atoms with Gasteiger partial charge in [0.05, 0.1) is 27.9 Å². The number of hydrogen-bond donors (Lipinski definition) is 1. The van der Waals surface area contributed by atoms with Gasteiger partial charge in [0, 0.05) is 5.69 Å². The molecule has 0 amide bonds. The number of para-hydroxylation sites is 4. The molecule has 0 radical (unpaired) electrons. The minimum atomic E-state index is -0.276. The molecule has 1 N–H and O–H groups in total. The second-order valence-corrected chi connectivity index (χ2v) is 20.5. The third kappa shape index (κ3) is 8.10. The fourth-order valence-corrected chi connectivity index (χ4v) is 8.65. The Bertz CT molecular complexity index is 2920. The summed E-state index contributed by atoms with van der Waals surface area (Å²) in [6, 6.07) is 44.7. The first kappa shape index (κ1) is 44.8. The number of fused-ring (bicyclic) bond motifs is 2. The molecule has 2 aromatic heterocycles. The van der Waals surface area contributed by atoms with Crippen molar-refractivity contribution in [1.82, 2.24) is 14.3 Å². The summed E-state index contributed by atoms with van der Waals surface area (Å²) in [5, 5.41) is 18.7. The van der Waals surface area contributed by atoms with E-state index in [-0.39, 0.29) is 43.1 Å². The van der Waals surface area contributed by atoms with Crippen molar-refractivity contribution in [3.8, 4) is 45.2 Å². The number of phenols is 1. The fraction of sp³-hybridized carbons (Fsp3) is 0.321. The third-order valence-corrected chi connectivity index (χ3v) is 12.2. The molecular weight excluding hydrogens is 940 g/mol. The van der Waals surface area contributed by atoms with Gasteiger partial charge in [-0.1, -0.05) is 163 Å². The second-order valence-electron chi connectivity index (χ2n) is 20.5. The van der Waals surface area contributed by atoms with Gasteiger partial charge >= 0.3 is 21.1 Å². The molecule has 8 aromatic rings. The Morgan fingerprint density at radius 3 is 1.92 bits per heavy atom. The predicted molar refractivity (Wildman–Crippen MR) is 254 cm³/mol. The molecule has 320 valence electrons. The average molecular weight is 1000 g/mol. The zero-order valence-electron chi connectivity index (χ0n) is 38.7. The summed E-state index contributed by atoms with van der Waals surface area (Å²) in [5.74, 6) is 0.997. The van der Waals surface area contributed by atoms with E-state index in [0.717, 1.165) is 55.7 Å². The molecule has 0 atom stereocenters. The number of imidazole rings is 1. The van der Waals surface area contributed by atoms with Crippen LogP contribution in [-0.4, -0.2) is 19.5 Å². The number of phenolic OH excluding ortho intramolecular Hbond substituents is 1. The van der Waals surface area contributed by atoms with Gasteiger partial charge in [0.25, 0.3) is 6.33 Å². The molecule has 0 unspecified atom stereocenters.